The van der Waals surface area contributed by atoms with Gasteiger partial charge in [-0.15, -0.1) is 0 Å². The summed E-state index contributed by atoms with van der Waals surface area (Å²) >= 11 is 6.36. The fourth-order valence-electron chi connectivity index (χ4n) is 3.70. The molecular weight excluding hydrogens is 453 g/mol. The van der Waals surface area contributed by atoms with Gasteiger partial charge in [-0.25, -0.2) is 4.98 Å². The van der Waals surface area contributed by atoms with Crippen molar-refractivity contribution in [3.63, 3.8) is 0 Å². The molecule has 3 rings (SSSR count). The lowest BCUT2D eigenvalue weighted by molar-refractivity contribution is -0.137. The molecular formula is C25H26ClF3N2O2. The van der Waals surface area contributed by atoms with Crippen LogP contribution in [0.2, 0.25) is 5.15 Å². The molecule has 0 spiro atoms. The zero-order valence-corrected chi connectivity index (χ0v) is 19.3. The third-order valence-corrected chi connectivity index (χ3v) is 5.61. The highest BCUT2D eigenvalue weighted by molar-refractivity contribution is 6.29. The number of para-hydroxylation sites is 1. The van der Waals surface area contributed by atoms with Crippen LogP contribution in [-0.2, 0) is 17.5 Å². The molecule has 2 aromatic carbocycles. The van der Waals surface area contributed by atoms with E-state index in [0.29, 0.717) is 47.8 Å². The van der Waals surface area contributed by atoms with Gasteiger partial charge in [-0.2, -0.15) is 13.2 Å². The highest BCUT2D eigenvalue weighted by atomic mass is 35.5. The Labute approximate surface area is 196 Å². The molecule has 0 saturated carbocycles. The number of hydrogen-bond donors (Lipinski definition) is 0. The van der Waals surface area contributed by atoms with Gasteiger partial charge in [0, 0.05) is 17.5 Å². The highest BCUT2D eigenvalue weighted by Gasteiger charge is 2.30. The number of aromatic nitrogens is 2. The molecule has 0 unspecified atom stereocenters. The summed E-state index contributed by atoms with van der Waals surface area (Å²) in [6.45, 7) is 4.53. The van der Waals surface area contributed by atoms with Gasteiger partial charge in [0.15, 0.2) is 0 Å². The van der Waals surface area contributed by atoms with E-state index in [-0.39, 0.29) is 5.78 Å². The predicted octanol–water partition coefficient (Wildman–Crippen LogP) is 7.04. The number of ketones is 1. The van der Waals surface area contributed by atoms with Crippen molar-refractivity contribution in [3.05, 3.63) is 71.0 Å². The number of ether oxygens (including phenoxy) is 1. The normalized spacial score (nSPS) is 12.5. The van der Waals surface area contributed by atoms with E-state index in [1.807, 2.05) is 24.3 Å². The van der Waals surface area contributed by atoms with Crippen LogP contribution < -0.4 is 4.74 Å². The smallest absolute Gasteiger partial charge is 0.416 e. The third-order valence-electron chi connectivity index (χ3n) is 5.31. The number of hydrogen-bond acceptors (Lipinski definition) is 3. The molecule has 1 atom stereocenters. The summed E-state index contributed by atoms with van der Waals surface area (Å²) < 4.78 is 46.4. The van der Waals surface area contributed by atoms with Crippen LogP contribution in [0.25, 0.3) is 11.4 Å². The minimum atomic E-state index is -4.40. The van der Waals surface area contributed by atoms with Gasteiger partial charge in [0.25, 0.3) is 0 Å². The average molecular weight is 479 g/mol. The Morgan fingerprint density at radius 1 is 1.15 bits per heavy atom. The van der Waals surface area contributed by atoms with Crippen LogP contribution >= 0.6 is 11.6 Å². The summed E-state index contributed by atoms with van der Waals surface area (Å²) in [6, 6.07) is 12.4. The molecule has 8 heteroatoms. The molecule has 0 N–H and O–H groups in total. The minimum absolute atomic E-state index is 0.190. The Kier molecular flexibility index (Phi) is 8.19. The number of imidazole rings is 1. The number of nitrogens with zero attached hydrogens (tertiary/aromatic N) is 2. The van der Waals surface area contributed by atoms with Crippen LogP contribution in [0, 0.1) is 5.92 Å². The van der Waals surface area contributed by atoms with Crippen LogP contribution in [0.15, 0.2) is 54.7 Å². The Hall–Kier alpha value is -2.80. The second kappa shape index (κ2) is 10.9. The van der Waals surface area contributed by atoms with Crippen LogP contribution in [0.5, 0.6) is 5.75 Å². The van der Waals surface area contributed by atoms with Gasteiger partial charge in [-0.05, 0) is 43.9 Å². The first-order valence-electron chi connectivity index (χ1n) is 10.7. The van der Waals surface area contributed by atoms with E-state index in [9.17, 15) is 18.0 Å². The molecule has 4 nitrogen and oxygen atoms in total. The lowest BCUT2D eigenvalue weighted by Crippen LogP contribution is -2.08. The van der Waals surface area contributed by atoms with Crippen molar-refractivity contribution < 1.29 is 22.7 Å². The zero-order valence-electron chi connectivity index (χ0n) is 18.5. The number of rotatable bonds is 10. The van der Waals surface area contributed by atoms with Crippen molar-refractivity contribution in [3.8, 4) is 17.1 Å². The lowest BCUT2D eigenvalue weighted by Gasteiger charge is -2.15. The molecule has 0 bridgehead atoms. The molecule has 1 heterocycles. The topological polar surface area (TPSA) is 44.1 Å². The summed E-state index contributed by atoms with van der Waals surface area (Å²) in [6.07, 6.45) is -0.624. The molecule has 1 aromatic heterocycles. The Morgan fingerprint density at radius 3 is 2.52 bits per heavy atom. The number of alkyl halides is 3. The first-order chi connectivity index (χ1) is 15.6. The number of Topliss-reactive ketones (excluding diaryl/α,β-unsaturated/α-hetero) is 1. The third kappa shape index (κ3) is 6.84. The van der Waals surface area contributed by atoms with Crippen molar-refractivity contribution in [1.29, 1.82) is 0 Å². The van der Waals surface area contributed by atoms with Gasteiger partial charge >= 0.3 is 6.18 Å². The summed E-state index contributed by atoms with van der Waals surface area (Å²) in [5.74, 6) is 1.69. The maximum Gasteiger partial charge on any atom is 0.416 e. The van der Waals surface area contributed by atoms with Gasteiger partial charge in [0.1, 0.15) is 22.5 Å². The van der Waals surface area contributed by atoms with Crippen molar-refractivity contribution in [2.24, 2.45) is 5.92 Å². The molecule has 0 radical (unpaired) electrons. The van der Waals surface area contributed by atoms with Crippen molar-refractivity contribution in [2.45, 2.75) is 45.8 Å². The predicted molar refractivity (Wildman–Crippen MR) is 122 cm³/mol. The molecule has 0 fully saturated rings. The second-order valence-corrected chi connectivity index (χ2v) is 8.56. The van der Waals surface area contributed by atoms with Crippen molar-refractivity contribution >= 4 is 17.4 Å². The largest absolute Gasteiger partial charge is 0.493 e. The number of benzene rings is 2. The fraction of sp³-hybridized carbons (Fsp3) is 0.360. The minimum Gasteiger partial charge on any atom is -0.493 e. The maximum absolute atomic E-state index is 12.9. The molecule has 0 aliphatic heterocycles. The number of halogens is 4. The Bertz CT molecular complexity index is 1080. The second-order valence-electron chi connectivity index (χ2n) is 8.18. The van der Waals surface area contributed by atoms with E-state index in [1.165, 1.54) is 18.3 Å². The van der Waals surface area contributed by atoms with Gasteiger partial charge in [-0.3, -0.25) is 0 Å². The van der Waals surface area contributed by atoms with E-state index in [4.69, 9.17) is 16.3 Å². The maximum atomic E-state index is 12.9. The summed E-state index contributed by atoms with van der Waals surface area (Å²) in [7, 11) is 0. The van der Waals surface area contributed by atoms with Crippen LogP contribution in [0.1, 0.15) is 44.2 Å². The van der Waals surface area contributed by atoms with E-state index in [2.05, 4.69) is 11.9 Å². The standard InChI is InChI=1S/C25H26ClF3N2O2/c1-17(14-18(2)32)6-5-13-33-22-8-4-3-7-20(22)16-31-23(26)15-30-24(31)19-9-11-21(12-10-19)25(27,28)29/h3-4,7-12,15,17H,5-6,13-14,16H2,1-2H3/t17-/m1/s1. The van der Waals surface area contributed by atoms with Gasteiger partial charge in [0.2, 0.25) is 0 Å². The quantitative estimate of drug-likeness (QED) is 0.293. The summed E-state index contributed by atoms with van der Waals surface area (Å²) in [5.41, 5.74) is 0.696. The molecule has 0 aliphatic rings. The molecule has 176 valence electrons. The molecule has 0 saturated heterocycles. The molecule has 0 amide bonds. The first kappa shape index (κ1) is 24.8. The highest BCUT2D eigenvalue weighted by Crippen LogP contribution is 2.32. The van der Waals surface area contributed by atoms with Crippen LogP contribution in [-0.4, -0.2) is 21.9 Å². The van der Waals surface area contributed by atoms with E-state index < -0.39 is 11.7 Å². The zero-order chi connectivity index (χ0) is 24.0. The van der Waals surface area contributed by atoms with E-state index in [0.717, 1.165) is 30.5 Å². The molecule has 0 aliphatic carbocycles. The number of carbonyl (C=O) groups excluding carboxylic acids is 1. The average Bonchev–Trinajstić information content (AvgIpc) is 3.11. The Morgan fingerprint density at radius 2 is 1.85 bits per heavy atom. The van der Waals surface area contributed by atoms with Crippen LogP contribution in [0.3, 0.4) is 0 Å². The monoisotopic (exact) mass is 478 g/mol. The Balaban J connectivity index is 1.72. The molecule has 33 heavy (non-hydrogen) atoms. The number of carbonyl (C=O) groups is 1. The van der Waals surface area contributed by atoms with Crippen molar-refractivity contribution in [1.82, 2.24) is 9.55 Å². The van der Waals surface area contributed by atoms with Gasteiger partial charge in [0.05, 0.1) is 24.9 Å². The molecule has 3 aromatic rings. The van der Waals surface area contributed by atoms with E-state index >= 15 is 0 Å². The van der Waals surface area contributed by atoms with E-state index in [1.54, 1.807) is 11.5 Å². The first-order valence-corrected chi connectivity index (χ1v) is 11.1. The summed E-state index contributed by atoms with van der Waals surface area (Å²) in [4.78, 5) is 15.5. The van der Waals surface area contributed by atoms with Gasteiger partial charge < -0.3 is 14.1 Å². The van der Waals surface area contributed by atoms with Crippen molar-refractivity contribution in [2.75, 3.05) is 6.61 Å². The summed E-state index contributed by atoms with van der Waals surface area (Å²) in [5, 5.41) is 0.373. The SMILES string of the molecule is CC(=O)C[C@H](C)CCCOc1ccccc1Cn1c(Cl)cnc1-c1ccc(C(F)(F)F)cc1. The van der Waals surface area contributed by atoms with Gasteiger partial charge in [-0.1, -0.05) is 48.9 Å². The van der Waals surface area contributed by atoms with Crippen LogP contribution in [0.4, 0.5) is 13.2 Å². The fourth-order valence-corrected chi connectivity index (χ4v) is 3.88. The lowest BCUT2D eigenvalue weighted by atomic mass is 10.00.